The molecule has 0 aliphatic heterocycles. The Labute approximate surface area is 489 Å². The van der Waals surface area contributed by atoms with Gasteiger partial charge in [-0.05, 0) is 102 Å². The van der Waals surface area contributed by atoms with Crippen LogP contribution in [0.4, 0.5) is 0 Å². The molecule has 0 amide bonds. The highest BCUT2D eigenvalue weighted by Gasteiger charge is 2.34. The van der Waals surface area contributed by atoms with Gasteiger partial charge in [-0.25, -0.2) is 0 Å². The number of para-hydroxylation sites is 3. The van der Waals surface area contributed by atoms with Crippen LogP contribution in [0.3, 0.4) is 0 Å². The van der Waals surface area contributed by atoms with E-state index in [1.165, 1.54) is 16.7 Å². The van der Waals surface area contributed by atoms with Crippen LogP contribution < -0.4 is 27.1 Å². The van der Waals surface area contributed by atoms with Gasteiger partial charge in [0.05, 0.1) is 0 Å². The number of hydrogen-bond acceptors (Lipinski definition) is 6. The highest BCUT2D eigenvalue weighted by molar-refractivity contribution is 7.43. The standard InChI is InChI=1S/C42H63O3P.C30H39O3P/c1-37(2,3)28-19-22-31(40(10,11)12)34(25-28)43-46(44-35-26-29(38(4,5)6)20-23-32(35)41(13,14)15)45-36-27-30(39(7,8)9)21-24-33(36)42(16,17)18;1-28(2,3)22-16-10-13-19-25(22)31-34(32-26-20-14-11-17-23(26)29(4,5)6)33-27-21-15-12-18-24(27)30(7,8)9/h19-27H,1-18H3;10-21H,1-9H3. The lowest BCUT2D eigenvalue weighted by Gasteiger charge is -2.31. The highest BCUT2D eigenvalue weighted by atomic mass is 31.2. The Morgan fingerprint density at radius 3 is 0.562 bits per heavy atom. The van der Waals surface area contributed by atoms with Crippen LogP contribution in [0, 0.1) is 0 Å². The normalized spacial score (nSPS) is 13.2. The van der Waals surface area contributed by atoms with Gasteiger partial charge in [0.2, 0.25) is 0 Å². The highest BCUT2D eigenvalue weighted by Crippen LogP contribution is 2.52. The summed E-state index contributed by atoms with van der Waals surface area (Å²) < 4.78 is 40.7. The first-order valence-electron chi connectivity index (χ1n) is 28.8. The van der Waals surface area contributed by atoms with E-state index in [4.69, 9.17) is 27.1 Å². The van der Waals surface area contributed by atoms with E-state index < -0.39 is 17.2 Å². The second kappa shape index (κ2) is 24.4. The Bertz CT molecular complexity index is 2690. The van der Waals surface area contributed by atoms with Crippen LogP contribution in [0.25, 0.3) is 0 Å². The van der Waals surface area contributed by atoms with Crippen molar-refractivity contribution in [2.24, 2.45) is 0 Å². The molecule has 0 spiro atoms. The first-order chi connectivity index (χ1) is 36.3. The predicted octanol–water partition coefficient (Wildman–Crippen LogP) is 22.6. The van der Waals surface area contributed by atoms with Crippen molar-refractivity contribution in [1.82, 2.24) is 0 Å². The molecule has 8 heteroatoms. The molecule has 0 aliphatic rings. The van der Waals surface area contributed by atoms with Crippen molar-refractivity contribution in [2.75, 3.05) is 0 Å². The minimum absolute atomic E-state index is 0.0418. The molecule has 436 valence electrons. The molecule has 80 heavy (non-hydrogen) atoms. The Kier molecular flexibility index (Phi) is 20.1. The third-order valence-corrected chi connectivity index (χ3v) is 16.2. The summed E-state index contributed by atoms with van der Waals surface area (Å²) in [6, 6.07) is 44.3. The summed E-state index contributed by atoms with van der Waals surface area (Å²) >= 11 is 0. The minimum atomic E-state index is -1.92. The first kappa shape index (κ1) is 65.8. The van der Waals surface area contributed by atoms with Gasteiger partial charge in [0.15, 0.2) is 0 Å². The molecule has 0 fully saturated rings. The fourth-order valence-corrected chi connectivity index (χ4v) is 11.3. The maximum atomic E-state index is 7.02. The summed E-state index contributed by atoms with van der Waals surface area (Å²) in [5, 5.41) is 0. The average molecular weight is 1130 g/mol. The van der Waals surface area contributed by atoms with E-state index in [-0.39, 0.29) is 48.7 Å². The quantitative estimate of drug-likeness (QED) is 0.114. The van der Waals surface area contributed by atoms with E-state index in [1.54, 1.807) is 0 Å². The molecule has 6 aromatic rings. The molecule has 0 bridgehead atoms. The third kappa shape index (κ3) is 18.0. The number of hydrogen-bond donors (Lipinski definition) is 0. The Hall–Kier alpha value is -5.02. The van der Waals surface area contributed by atoms with Gasteiger partial charge < -0.3 is 27.1 Å². The zero-order valence-electron chi connectivity index (χ0n) is 54.5. The van der Waals surface area contributed by atoms with Gasteiger partial charge >= 0.3 is 17.2 Å². The maximum Gasteiger partial charge on any atom is 0.530 e. The predicted molar refractivity (Wildman–Crippen MR) is 345 cm³/mol. The van der Waals surface area contributed by atoms with Crippen LogP contribution in [0.15, 0.2) is 127 Å². The SMILES string of the molecule is CC(C)(C)c1ccc(C(C)(C)C)c(OP(Oc2cc(C(C)(C)C)ccc2C(C)(C)C)Oc2cc(C(C)(C)C)ccc2C(C)(C)C)c1.CC(C)(C)c1ccccc1OP(Oc1ccccc1C(C)(C)C)Oc1ccccc1C(C)(C)C. The second-order valence-electron chi connectivity index (χ2n) is 30.9. The molecule has 0 aliphatic carbocycles. The maximum absolute atomic E-state index is 7.02. The van der Waals surface area contributed by atoms with E-state index >= 15 is 0 Å². The zero-order valence-corrected chi connectivity index (χ0v) is 56.3. The fraction of sp³-hybridized carbons (Fsp3) is 0.500. The van der Waals surface area contributed by atoms with Gasteiger partial charge in [0, 0.05) is 33.4 Å². The summed E-state index contributed by atoms with van der Waals surface area (Å²) in [6.07, 6.45) is 0. The van der Waals surface area contributed by atoms with Crippen LogP contribution in [0.1, 0.15) is 237 Å². The van der Waals surface area contributed by atoms with E-state index in [0.717, 1.165) is 67.9 Å². The van der Waals surface area contributed by atoms with Gasteiger partial charge in [-0.2, -0.15) is 0 Å². The van der Waals surface area contributed by atoms with Crippen LogP contribution in [-0.2, 0) is 48.7 Å². The van der Waals surface area contributed by atoms with Crippen LogP contribution in [0.5, 0.6) is 34.5 Å². The van der Waals surface area contributed by atoms with Crippen molar-refractivity contribution in [3.05, 3.63) is 177 Å². The largest absolute Gasteiger partial charge is 0.530 e. The van der Waals surface area contributed by atoms with Crippen molar-refractivity contribution in [1.29, 1.82) is 0 Å². The van der Waals surface area contributed by atoms with E-state index in [2.05, 4.69) is 260 Å². The summed E-state index contributed by atoms with van der Waals surface area (Å²) in [5.41, 5.74) is 9.56. The van der Waals surface area contributed by atoms with Crippen molar-refractivity contribution in [3.8, 4) is 34.5 Å². The molecular formula is C72H102O6P2. The Morgan fingerprint density at radius 2 is 0.375 bits per heavy atom. The molecule has 6 aromatic carbocycles. The summed E-state index contributed by atoms with van der Waals surface area (Å²) in [4.78, 5) is 0. The van der Waals surface area contributed by atoms with Crippen LogP contribution in [0.2, 0.25) is 0 Å². The molecule has 6 rings (SSSR count). The van der Waals surface area contributed by atoms with Crippen LogP contribution in [-0.4, -0.2) is 0 Å². The van der Waals surface area contributed by atoms with E-state index in [1.807, 2.05) is 54.6 Å². The van der Waals surface area contributed by atoms with Crippen LogP contribution >= 0.6 is 17.2 Å². The van der Waals surface area contributed by atoms with Gasteiger partial charge in [0.25, 0.3) is 0 Å². The Morgan fingerprint density at radius 1 is 0.200 bits per heavy atom. The number of rotatable bonds is 12. The van der Waals surface area contributed by atoms with E-state index in [9.17, 15) is 0 Å². The lowest BCUT2D eigenvalue weighted by Crippen LogP contribution is -2.19. The minimum Gasteiger partial charge on any atom is -0.408 e. The summed E-state index contributed by atoms with van der Waals surface area (Å²) in [6.45, 7) is 59.8. The van der Waals surface area contributed by atoms with Gasteiger partial charge in [-0.3, -0.25) is 0 Å². The lowest BCUT2D eigenvalue weighted by molar-refractivity contribution is 0.370. The third-order valence-electron chi connectivity index (χ3n) is 14.1. The fourth-order valence-electron chi connectivity index (χ4n) is 9.14. The molecule has 0 saturated carbocycles. The van der Waals surface area contributed by atoms with Crippen molar-refractivity contribution in [3.63, 3.8) is 0 Å². The lowest BCUT2D eigenvalue weighted by atomic mass is 9.81. The van der Waals surface area contributed by atoms with Crippen molar-refractivity contribution in [2.45, 2.75) is 236 Å². The molecule has 0 radical (unpaired) electrons. The molecule has 0 atom stereocenters. The molecule has 0 aromatic heterocycles. The van der Waals surface area contributed by atoms with Crippen molar-refractivity contribution >= 4 is 17.2 Å². The smallest absolute Gasteiger partial charge is 0.408 e. The molecule has 0 heterocycles. The van der Waals surface area contributed by atoms with Gasteiger partial charge in [-0.1, -0.05) is 278 Å². The molecule has 0 N–H and O–H groups in total. The summed E-state index contributed by atoms with van der Waals surface area (Å²) in [5.74, 6) is 4.76. The van der Waals surface area contributed by atoms with Gasteiger partial charge in [0.1, 0.15) is 34.5 Å². The van der Waals surface area contributed by atoms with E-state index in [0.29, 0.717) is 0 Å². The number of benzene rings is 6. The molecule has 6 nitrogen and oxygen atoms in total. The molecule has 0 saturated heterocycles. The van der Waals surface area contributed by atoms with Gasteiger partial charge in [-0.15, -0.1) is 0 Å². The monoisotopic (exact) mass is 1120 g/mol. The zero-order chi connectivity index (χ0) is 60.4. The Balaban J connectivity index is 0.000000307. The second-order valence-corrected chi connectivity index (χ2v) is 32.9. The topological polar surface area (TPSA) is 55.4 Å². The molecule has 0 unspecified atom stereocenters. The first-order valence-corrected chi connectivity index (χ1v) is 31.0. The molecular weight excluding hydrogens is 1020 g/mol. The average Bonchev–Trinajstić information content (AvgIpc) is 3.31. The van der Waals surface area contributed by atoms with Crippen molar-refractivity contribution < 1.29 is 27.1 Å². The summed E-state index contributed by atoms with van der Waals surface area (Å²) in [7, 11) is -3.70.